The molecule has 0 spiro atoms. The average molecular weight is 343 g/mol. The molecule has 0 saturated carbocycles. The minimum atomic E-state index is -0.396. The van der Waals surface area contributed by atoms with E-state index in [1.807, 2.05) is 0 Å². The van der Waals surface area contributed by atoms with Gasteiger partial charge in [0.2, 0.25) is 5.91 Å². The summed E-state index contributed by atoms with van der Waals surface area (Å²) < 4.78 is 13.6. The number of aromatic nitrogens is 2. The molecule has 1 aliphatic rings. The Morgan fingerprint density at radius 3 is 2.28 bits per heavy atom. The number of rotatable bonds is 3. The van der Waals surface area contributed by atoms with Gasteiger partial charge in [-0.25, -0.2) is 4.39 Å². The first-order chi connectivity index (χ1) is 12.0. The van der Waals surface area contributed by atoms with Crippen LogP contribution in [-0.4, -0.2) is 58.0 Å². The third-order valence-electron chi connectivity index (χ3n) is 4.03. The van der Waals surface area contributed by atoms with Crippen molar-refractivity contribution in [3.8, 4) is 0 Å². The number of nitrogens with zero attached hydrogens (tertiary/aromatic N) is 4. The van der Waals surface area contributed by atoms with Gasteiger partial charge in [-0.1, -0.05) is 12.1 Å². The van der Waals surface area contributed by atoms with Crippen molar-refractivity contribution in [1.82, 2.24) is 20.0 Å². The summed E-state index contributed by atoms with van der Waals surface area (Å²) in [4.78, 5) is 27.1. The van der Waals surface area contributed by atoms with Gasteiger partial charge in [-0.2, -0.15) is 0 Å². The molecule has 1 fully saturated rings. The standard InChI is InChI=1S/C17H18FN5O2/c1-12(24)22-8-10-23(11-9-22)17(25)15-6-7-16(21-20-15)19-14-5-3-2-4-13(14)18/h2-7H,8-11H2,1H3,(H,19,21). The molecule has 1 aromatic carbocycles. The lowest BCUT2D eigenvalue weighted by atomic mass is 10.2. The van der Waals surface area contributed by atoms with Crippen LogP contribution < -0.4 is 5.32 Å². The average Bonchev–Trinajstić information content (AvgIpc) is 2.64. The number of para-hydroxylation sites is 1. The van der Waals surface area contributed by atoms with Gasteiger partial charge in [0, 0.05) is 33.1 Å². The normalized spacial score (nSPS) is 14.3. The zero-order chi connectivity index (χ0) is 17.8. The van der Waals surface area contributed by atoms with Crippen molar-refractivity contribution in [2.45, 2.75) is 6.92 Å². The second-order valence-electron chi connectivity index (χ2n) is 5.71. The summed E-state index contributed by atoms with van der Waals surface area (Å²) in [5.41, 5.74) is 0.506. The monoisotopic (exact) mass is 343 g/mol. The summed E-state index contributed by atoms with van der Waals surface area (Å²) in [6, 6.07) is 9.37. The Morgan fingerprint density at radius 1 is 1.00 bits per heavy atom. The maximum absolute atomic E-state index is 13.6. The quantitative estimate of drug-likeness (QED) is 0.917. The third-order valence-corrected chi connectivity index (χ3v) is 4.03. The molecule has 1 saturated heterocycles. The maximum atomic E-state index is 13.6. The first-order valence-corrected chi connectivity index (χ1v) is 7.94. The van der Waals surface area contributed by atoms with E-state index in [0.29, 0.717) is 32.0 Å². The van der Waals surface area contributed by atoms with Gasteiger partial charge in [-0.05, 0) is 24.3 Å². The molecule has 7 nitrogen and oxygen atoms in total. The zero-order valence-corrected chi connectivity index (χ0v) is 13.8. The fourth-order valence-corrected chi connectivity index (χ4v) is 2.60. The Balaban J connectivity index is 1.63. The van der Waals surface area contributed by atoms with E-state index < -0.39 is 5.82 Å². The summed E-state index contributed by atoms with van der Waals surface area (Å²) in [5, 5.41) is 10.7. The van der Waals surface area contributed by atoms with Crippen molar-refractivity contribution < 1.29 is 14.0 Å². The third kappa shape index (κ3) is 3.90. The zero-order valence-electron chi connectivity index (χ0n) is 13.8. The van der Waals surface area contributed by atoms with Gasteiger partial charge < -0.3 is 15.1 Å². The highest BCUT2D eigenvalue weighted by molar-refractivity contribution is 5.92. The Hall–Kier alpha value is -3.03. The van der Waals surface area contributed by atoms with Gasteiger partial charge in [0.05, 0.1) is 5.69 Å². The molecule has 1 aliphatic heterocycles. The molecule has 0 bridgehead atoms. The van der Waals surface area contributed by atoms with E-state index in [1.165, 1.54) is 13.0 Å². The molecule has 1 N–H and O–H groups in total. The molecule has 2 aromatic rings. The lowest BCUT2D eigenvalue weighted by Gasteiger charge is -2.33. The van der Waals surface area contributed by atoms with E-state index >= 15 is 0 Å². The van der Waals surface area contributed by atoms with Crippen molar-refractivity contribution in [2.24, 2.45) is 0 Å². The van der Waals surface area contributed by atoms with Crippen LogP contribution in [0, 0.1) is 5.82 Å². The predicted octanol–water partition coefficient (Wildman–Crippen LogP) is 1.66. The Labute approximate surface area is 144 Å². The Morgan fingerprint density at radius 2 is 1.68 bits per heavy atom. The molecule has 2 amide bonds. The van der Waals surface area contributed by atoms with Gasteiger partial charge in [0.25, 0.3) is 5.91 Å². The summed E-state index contributed by atoms with van der Waals surface area (Å²) in [6.07, 6.45) is 0. The number of nitrogens with one attached hydrogen (secondary N) is 1. The Bertz CT molecular complexity index is 773. The van der Waals surface area contributed by atoms with Gasteiger partial charge >= 0.3 is 0 Å². The lowest BCUT2D eigenvalue weighted by Crippen LogP contribution is -2.50. The van der Waals surface area contributed by atoms with Crippen LogP contribution in [-0.2, 0) is 4.79 Å². The lowest BCUT2D eigenvalue weighted by molar-refractivity contribution is -0.130. The SMILES string of the molecule is CC(=O)N1CCN(C(=O)c2ccc(Nc3ccccc3F)nn2)CC1. The van der Waals surface area contributed by atoms with Crippen molar-refractivity contribution in [2.75, 3.05) is 31.5 Å². The summed E-state index contributed by atoms with van der Waals surface area (Å²) in [7, 11) is 0. The molecule has 3 rings (SSSR count). The molecule has 0 radical (unpaired) electrons. The molecular formula is C17H18FN5O2. The number of carbonyl (C=O) groups is 2. The van der Waals surface area contributed by atoms with E-state index in [-0.39, 0.29) is 23.2 Å². The van der Waals surface area contributed by atoms with E-state index in [1.54, 1.807) is 40.1 Å². The molecule has 2 heterocycles. The number of benzene rings is 1. The first kappa shape index (κ1) is 16.8. The van der Waals surface area contributed by atoms with Crippen LogP contribution in [0.5, 0.6) is 0 Å². The number of hydrogen-bond donors (Lipinski definition) is 1. The van der Waals surface area contributed by atoms with Crippen molar-refractivity contribution in [3.63, 3.8) is 0 Å². The summed E-state index contributed by atoms with van der Waals surface area (Å²) >= 11 is 0. The van der Waals surface area contributed by atoms with Gasteiger partial charge in [-0.3, -0.25) is 9.59 Å². The number of halogens is 1. The summed E-state index contributed by atoms with van der Waals surface area (Å²) in [6.45, 7) is 3.48. The molecule has 1 aromatic heterocycles. The molecule has 130 valence electrons. The number of amides is 2. The predicted molar refractivity (Wildman–Crippen MR) is 89.9 cm³/mol. The van der Waals surface area contributed by atoms with Crippen LogP contribution in [0.3, 0.4) is 0 Å². The Kier molecular flexibility index (Phi) is 4.87. The van der Waals surface area contributed by atoms with Crippen molar-refractivity contribution in [1.29, 1.82) is 0 Å². The highest BCUT2D eigenvalue weighted by Crippen LogP contribution is 2.17. The highest BCUT2D eigenvalue weighted by Gasteiger charge is 2.24. The molecule has 0 aliphatic carbocycles. The van der Waals surface area contributed by atoms with Crippen LogP contribution in [0.25, 0.3) is 0 Å². The van der Waals surface area contributed by atoms with Gasteiger partial charge in [-0.15, -0.1) is 10.2 Å². The van der Waals surface area contributed by atoms with Gasteiger partial charge in [0.15, 0.2) is 11.5 Å². The van der Waals surface area contributed by atoms with Crippen LogP contribution in [0.4, 0.5) is 15.9 Å². The summed E-state index contributed by atoms with van der Waals surface area (Å²) in [5.74, 6) is -0.264. The van der Waals surface area contributed by atoms with Crippen LogP contribution in [0.15, 0.2) is 36.4 Å². The number of anilines is 2. The van der Waals surface area contributed by atoms with E-state index in [0.717, 1.165) is 0 Å². The number of hydrogen-bond acceptors (Lipinski definition) is 5. The fraction of sp³-hybridized carbons (Fsp3) is 0.294. The van der Waals surface area contributed by atoms with E-state index in [4.69, 9.17) is 0 Å². The molecule has 25 heavy (non-hydrogen) atoms. The van der Waals surface area contributed by atoms with Crippen LogP contribution >= 0.6 is 0 Å². The minimum Gasteiger partial charge on any atom is -0.339 e. The number of carbonyl (C=O) groups excluding carboxylic acids is 2. The smallest absolute Gasteiger partial charge is 0.274 e. The van der Waals surface area contributed by atoms with Crippen LogP contribution in [0.2, 0.25) is 0 Å². The highest BCUT2D eigenvalue weighted by atomic mass is 19.1. The van der Waals surface area contributed by atoms with Crippen molar-refractivity contribution >= 4 is 23.3 Å². The fourth-order valence-electron chi connectivity index (χ4n) is 2.60. The first-order valence-electron chi connectivity index (χ1n) is 7.94. The minimum absolute atomic E-state index is 0.00969. The molecule has 0 unspecified atom stereocenters. The second kappa shape index (κ2) is 7.25. The van der Waals surface area contributed by atoms with Crippen molar-refractivity contribution in [3.05, 3.63) is 47.9 Å². The van der Waals surface area contributed by atoms with E-state index in [2.05, 4.69) is 15.5 Å². The molecule has 0 atom stereocenters. The van der Waals surface area contributed by atoms with E-state index in [9.17, 15) is 14.0 Å². The van der Waals surface area contributed by atoms with Crippen LogP contribution in [0.1, 0.15) is 17.4 Å². The largest absolute Gasteiger partial charge is 0.339 e. The second-order valence-corrected chi connectivity index (χ2v) is 5.71. The molecule has 8 heteroatoms. The number of piperazine rings is 1. The topological polar surface area (TPSA) is 78.4 Å². The maximum Gasteiger partial charge on any atom is 0.274 e. The van der Waals surface area contributed by atoms with Gasteiger partial charge in [0.1, 0.15) is 5.82 Å². The molecular weight excluding hydrogens is 325 g/mol.